The SMILES string of the molecule is O=C(NCCCNC(=O)c1cccs1)c1cccc(Cl)c1. The van der Waals surface area contributed by atoms with Crippen molar-refractivity contribution < 1.29 is 9.59 Å². The lowest BCUT2D eigenvalue weighted by Crippen LogP contribution is -2.29. The lowest BCUT2D eigenvalue weighted by atomic mass is 10.2. The van der Waals surface area contributed by atoms with Crippen LogP contribution in [0.5, 0.6) is 0 Å². The molecule has 0 aliphatic heterocycles. The molecule has 1 heterocycles. The van der Waals surface area contributed by atoms with Crippen LogP contribution < -0.4 is 10.6 Å². The molecule has 6 heteroatoms. The lowest BCUT2D eigenvalue weighted by Gasteiger charge is -2.06. The quantitative estimate of drug-likeness (QED) is 0.803. The van der Waals surface area contributed by atoms with Crippen molar-refractivity contribution in [2.24, 2.45) is 0 Å². The zero-order valence-electron chi connectivity index (χ0n) is 11.3. The number of carbonyl (C=O) groups excluding carboxylic acids is 2. The zero-order valence-corrected chi connectivity index (χ0v) is 12.8. The predicted octanol–water partition coefficient (Wildman–Crippen LogP) is 2.95. The van der Waals surface area contributed by atoms with Crippen molar-refractivity contribution in [2.45, 2.75) is 6.42 Å². The Kier molecular flexibility index (Phi) is 5.78. The van der Waals surface area contributed by atoms with Gasteiger partial charge in [-0.3, -0.25) is 9.59 Å². The maximum atomic E-state index is 11.8. The minimum Gasteiger partial charge on any atom is -0.352 e. The molecule has 0 radical (unpaired) electrons. The Labute approximate surface area is 132 Å². The van der Waals surface area contributed by atoms with E-state index in [-0.39, 0.29) is 11.8 Å². The summed E-state index contributed by atoms with van der Waals surface area (Å²) < 4.78 is 0. The van der Waals surface area contributed by atoms with Gasteiger partial charge in [0.1, 0.15) is 0 Å². The van der Waals surface area contributed by atoms with E-state index in [9.17, 15) is 9.59 Å². The molecule has 21 heavy (non-hydrogen) atoms. The molecule has 0 fully saturated rings. The van der Waals surface area contributed by atoms with Gasteiger partial charge in [-0.2, -0.15) is 0 Å². The van der Waals surface area contributed by atoms with Crippen LogP contribution >= 0.6 is 22.9 Å². The monoisotopic (exact) mass is 322 g/mol. The normalized spacial score (nSPS) is 10.1. The zero-order chi connectivity index (χ0) is 15.1. The number of halogens is 1. The van der Waals surface area contributed by atoms with E-state index in [0.717, 1.165) is 0 Å². The highest BCUT2D eigenvalue weighted by Gasteiger charge is 2.06. The molecule has 0 bridgehead atoms. The molecule has 2 amide bonds. The Bertz CT molecular complexity index is 614. The number of hydrogen-bond donors (Lipinski definition) is 2. The third-order valence-electron chi connectivity index (χ3n) is 2.76. The van der Waals surface area contributed by atoms with Crippen molar-refractivity contribution in [2.75, 3.05) is 13.1 Å². The van der Waals surface area contributed by atoms with Crippen LogP contribution in [0, 0.1) is 0 Å². The molecule has 1 aromatic carbocycles. The van der Waals surface area contributed by atoms with Crippen LogP contribution in [0.1, 0.15) is 26.5 Å². The van der Waals surface area contributed by atoms with E-state index in [1.54, 1.807) is 30.3 Å². The molecule has 2 aromatic rings. The van der Waals surface area contributed by atoms with Crippen molar-refractivity contribution in [3.8, 4) is 0 Å². The summed E-state index contributed by atoms with van der Waals surface area (Å²) in [7, 11) is 0. The lowest BCUT2D eigenvalue weighted by molar-refractivity contribution is 0.0953. The Balaban J connectivity index is 1.66. The smallest absolute Gasteiger partial charge is 0.261 e. The van der Waals surface area contributed by atoms with E-state index in [2.05, 4.69) is 10.6 Å². The molecular formula is C15H15ClN2O2S. The third kappa shape index (κ3) is 4.88. The van der Waals surface area contributed by atoms with Crippen molar-refractivity contribution >= 4 is 34.8 Å². The number of carbonyl (C=O) groups is 2. The van der Waals surface area contributed by atoms with Crippen LogP contribution in [0.25, 0.3) is 0 Å². The first kappa shape index (κ1) is 15.5. The van der Waals surface area contributed by atoms with E-state index in [0.29, 0.717) is 35.0 Å². The summed E-state index contributed by atoms with van der Waals surface area (Å²) in [5.74, 6) is -0.242. The minimum absolute atomic E-state index is 0.0776. The number of thiophene rings is 1. The second-order valence-electron chi connectivity index (χ2n) is 4.35. The average molecular weight is 323 g/mol. The highest BCUT2D eigenvalue weighted by molar-refractivity contribution is 7.12. The summed E-state index contributed by atoms with van der Waals surface area (Å²) in [4.78, 5) is 24.2. The fraction of sp³-hybridized carbons (Fsp3) is 0.200. The first-order chi connectivity index (χ1) is 10.2. The molecule has 1 aromatic heterocycles. The molecule has 0 unspecified atom stereocenters. The standard InChI is InChI=1S/C15H15ClN2O2S/c16-12-5-1-4-11(10-12)14(19)17-7-3-8-18-15(20)13-6-2-9-21-13/h1-2,4-6,9-10H,3,7-8H2,(H,17,19)(H,18,20). The third-order valence-corrected chi connectivity index (χ3v) is 3.86. The van der Waals surface area contributed by atoms with E-state index in [1.165, 1.54) is 11.3 Å². The summed E-state index contributed by atoms with van der Waals surface area (Å²) in [6, 6.07) is 10.4. The Morgan fingerprint density at radius 1 is 1.05 bits per heavy atom. The average Bonchev–Trinajstić information content (AvgIpc) is 3.00. The number of nitrogens with one attached hydrogen (secondary N) is 2. The van der Waals surface area contributed by atoms with Gasteiger partial charge in [0.05, 0.1) is 4.88 Å². The summed E-state index contributed by atoms with van der Waals surface area (Å²) in [5.41, 5.74) is 0.533. The van der Waals surface area contributed by atoms with Crippen LogP contribution in [-0.2, 0) is 0 Å². The number of rotatable bonds is 6. The minimum atomic E-state index is -0.165. The van der Waals surface area contributed by atoms with Gasteiger partial charge in [0.2, 0.25) is 0 Å². The van der Waals surface area contributed by atoms with Crippen molar-refractivity contribution in [3.05, 3.63) is 57.2 Å². The highest BCUT2D eigenvalue weighted by Crippen LogP contribution is 2.10. The fourth-order valence-electron chi connectivity index (χ4n) is 1.72. The summed E-state index contributed by atoms with van der Waals surface area (Å²) in [6.45, 7) is 1.02. The van der Waals surface area contributed by atoms with Gasteiger partial charge in [0.25, 0.3) is 11.8 Å². The van der Waals surface area contributed by atoms with Crippen LogP contribution in [0.3, 0.4) is 0 Å². The Morgan fingerprint density at radius 2 is 1.81 bits per heavy atom. The molecule has 2 N–H and O–H groups in total. The molecule has 110 valence electrons. The van der Waals surface area contributed by atoms with E-state index in [4.69, 9.17) is 11.6 Å². The number of benzene rings is 1. The number of amides is 2. The number of hydrogen-bond acceptors (Lipinski definition) is 3. The Hall–Kier alpha value is -1.85. The molecular weight excluding hydrogens is 308 g/mol. The van der Waals surface area contributed by atoms with Gasteiger partial charge in [-0.05, 0) is 36.1 Å². The first-order valence-electron chi connectivity index (χ1n) is 6.52. The predicted molar refractivity (Wildman–Crippen MR) is 85.1 cm³/mol. The second kappa shape index (κ2) is 7.81. The molecule has 2 rings (SSSR count). The molecule has 0 atom stereocenters. The molecule has 0 saturated carbocycles. The summed E-state index contributed by atoms with van der Waals surface area (Å²) in [5, 5.41) is 7.99. The fourth-order valence-corrected chi connectivity index (χ4v) is 2.55. The molecule has 0 aliphatic rings. The van der Waals surface area contributed by atoms with Gasteiger partial charge >= 0.3 is 0 Å². The van der Waals surface area contributed by atoms with Gasteiger partial charge in [-0.15, -0.1) is 11.3 Å². The largest absolute Gasteiger partial charge is 0.352 e. The first-order valence-corrected chi connectivity index (χ1v) is 7.78. The van der Waals surface area contributed by atoms with E-state index < -0.39 is 0 Å². The van der Waals surface area contributed by atoms with E-state index in [1.807, 2.05) is 11.4 Å². The molecule has 4 nitrogen and oxygen atoms in total. The van der Waals surface area contributed by atoms with Crippen molar-refractivity contribution in [3.63, 3.8) is 0 Å². The molecule has 0 aliphatic carbocycles. The highest BCUT2D eigenvalue weighted by atomic mass is 35.5. The van der Waals surface area contributed by atoms with Crippen LogP contribution in [0.2, 0.25) is 5.02 Å². The summed E-state index contributed by atoms with van der Waals surface area (Å²) in [6.07, 6.45) is 0.670. The van der Waals surface area contributed by atoms with Crippen LogP contribution in [0.15, 0.2) is 41.8 Å². The topological polar surface area (TPSA) is 58.2 Å². The van der Waals surface area contributed by atoms with Gasteiger partial charge in [0.15, 0.2) is 0 Å². The van der Waals surface area contributed by atoms with Crippen LogP contribution in [0.4, 0.5) is 0 Å². The van der Waals surface area contributed by atoms with Gasteiger partial charge < -0.3 is 10.6 Å². The maximum Gasteiger partial charge on any atom is 0.261 e. The summed E-state index contributed by atoms with van der Waals surface area (Å²) >= 11 is 7.23. The van der Waals surface area contributed by atoms with Gasteiger partial charge in [0, 0.05) is 23.7 Å². The van der Waals surface area contributed by atoms with Crippen LogP contribution in [-0.4, -0.2) is 24.9 Å². The molecule has 0 spiro atoms. The maximum absolute atomic E-state index is 11.8. The molecule has 0 saturated heterocycles. The van der Waals surface area contributed by atoms with Gasteiger partial charge in [-0.1, -0.05) is 23.7 Å². The second-order valence-corrected chi connectivity index (χ2v) is 5.74. The van der Waals surface area contributed by atoms with Crippen molar-refractivity contribution in [1.29, 1.82) is 0 Å². The Morgan fingerprint density at radius 3 is 2.48 bits per heavy atom. The van der Waals surface area contributed by atoms with Gasteiger partial charge in [-0.25, -0.2) is 0 Å². The van der Waals surface area contributed by atoms with E-state index >= 15 is 0 Å². The van der Waals surface area contributed by atoms with Crippen molar-refractivity contribution in [1.82, 2.24) is 10.6 Å².